The Bertz CT molecular complexity index is 400. The molecule has 0 atom stereocenters. The summed E-state index contributed by atoms with van der Waals surface area (Å²) in [6.45, 7) is 3.50. The van der Waals surface area contributed by atoms with Crippen molar-refractivity contribution in [2.24, 2.45) is 0 Å². The number of amides is 1. The van der Waals surface area contributed by atoms with E-state index in [1.165, 1.54) is 6.26 Å². The normalized spacial score (nSPS) is 15.9. The fourth-order valence-electron chi connectivity index (χ4n) is 2.19. The molecule has 7 heteroatoms. The van der Waals surface area contributed by atoms with Gasteiger partial charge in [0.05, 0.1) is 12.9 Å². The van der Waals surface area contributed by atoms with Crippen LogP contribution in [0.25, 0.3) is 0 Å². The summed E-state index contributed by atoms with van der Waals surface area (Å²) in [5.74, 6) is 0.271. The number of rotatable bonds is 5. The summed E-state index contributed by atoms with van der Waals surface area (Å²) >= 11 is 0. The minimum atomic E-state index is -0.250. The molecule has 1 aliphatic heterocycles. The van der Waals surface area contributed by atoms with Crippen molar-refractivity contribution in [3.63, 3.8) is 0 Å². The Labute approximate surface area is 123 Å². The molecular formula is C14H22N2O5. The van der Waals surface area contributed by atoms with Crippen molar-refractivity contribution in [2.45, 2.75) is 18.9 Å². The summed E-state index contributed by atoms with van der Waals surface area (Å²) in [6.07, 6.45) is 3.48. The smallest absolute Gasteiger partial charge is 0.290 e. The van der Waals surface area contributed by atoms with E-state index in [1.807, 2.05) is 0 Å². The minimum absolute atomic E-state index is 0.115. The number of carbonyl (C=O) groups is 2. The van der Waals surface area contributed by atoms with Gasteiger partial charge in [0.25, 0.3) is 12.4 Å². The van der Waals surface area contributed by atoms with E-state index >= 15 is 0 Å². The Hall–Kier alpha value is -1.86. The highest BCUT2D eigenvalue weighted by Crippen LogP contribution is 2.11. The van der Waals surface area contributed by atoms with Crippen LogP contribution in [0.2, 0.25) is 0 Å². The lowest BCUT2D eigenvalue weighted by Gasteiger charge is -2.31. The molecule has 2 N–H and O–H groups in total. The fourth-order valence-corrected chi connectivity index (χ4v) is 2.19. The van der Waals surface area contributed by atoms with Gasteiger partial charge in [0, 0.05) is 32.8 Å². The van der Waals surface area contributed by atoms with Gasteiger partial charge < -0.3 is 24.5 Å². The van der Waals surface area contributed by atoms with Gasteiger partial charge in [-0.15, -0.1) is 0 Å². The molecule has 7 nitrogen and oxygen atoms in total. The Morgan fingerprint density at radius 1 is 1.57 bits per heavy atom. The molecule has 21 heavy (non-hydrogen) atoms. The van der Waals surface area contributed by atoms with E-state index in [9.17, 15) is 4.79 Å². The zero-order chi connectivity index (χ0) is 15.5. The van der Waals surface area contributed by atoms with Crippen LogP contribution in [0.1, 0.15) is 23.4 Å². The summed E-state index contributed by atoms with van der Waals surface area (Å²) in [7, 11) is 1.72. The molecule has 2 heterocycles. The molecule has 118 valence electrons. The first-order chi connectivity index (χ1) is 10.2. The predicted molar refractivity (Wildman–Crippen MR) is 76.2 cm³/mol. The number of hydrogen-bond acceptors (Lipinski definition) is 5. The largest absolute Gasteiger partial charge is 0.483 e. The second kappa shape index (κ2) is 9.95. The Morgan fingerprint density at radius 2 is 2.24 bits per heavy atom. The second-order valence-electron chi connectivity index (χ2n) is 4.66. The molecular weight excluding hydrogens is 276 g/mol. The zero-order valence-electron chi connectivity index (χ0n) is 12.2. The summed E-state index contributed by atoms with van der Waals surface area (Å²) in [5.41, 5.74) is 0. The van der Waals surface area contributed by atoms with E-state index in [0.29, 0.717) is 5.76 Å². The number of furan rings is 1. The number of ether oxygens (including phenoxy) is 1. The number of carboxylic acid groups (broad SMARTS) is 1. The van der Waals surface area contributed by atoms with Crippen molar-refractivity contribution in [1.82, 2.24) is 10.2 Å². The molecule has 1 aliphatic rings. The average molecular weight is 298 g/mol. The summed E-state index contributed by atoms with van der Waals surface area (Å²) in [6, 6.07) is 3.66. The van der Waals surface area contributed by atoms with Gasteiger partial charge in [-0.1, -0.05) is 0 Å². The molecule has 1 aromatic heterocycles. The minimum Gasteiger partial charge on any atom is -0.483 e. The van der Waals surface area contributed by atoms with E-state index in [4.69, 9.17) is 19.1 Å². The van der Waals surface area contributed by atoms with Gasteiger partial charge in [-0.05, 0) is 25.0 Å². The molecule has 0 bridgehead atoms. The third kappa shape index (κ3) is 6.42. The number of carbonyl (C=O) groups excluding carboxylic acids is 1. The molecule has 0 aromatic carbocycles. The summed E-state index contributed by atoms with van der Waals surface area (Å²) < 4.78 is 10.1. The standard InChI is InChI=1S/C13H20N2O3.CH2O2/c1-17-10-8-15-6-4-11(5-7-15)14-13(16)12-3-2-9-18-12;2-1-3/h2-3,9,11H,4-8,10H2,1H3,(H,14,16);1H,(H,2,3). The first-order valence-electron chi connectivity index (χ1n) is 6.84. The maximum atomic E-state index is 11.8. The van der Waals surface area contributed by atoms with Gasteiger partial charge in [0.1, 0.15) is 0 Å². The first kappa shape index (κ1) is 17.2. The SMILES string of the molecule is COCCN1CCC(NC(=O)c2ccco2)CC1.O=CO. The average Bonchev–Trinajstić information content (AvgIpc) is 3.02. The van der Waals surface area contributed by atoms with E-state index in [1.54, 1.807) is 19.2 Å². The van der Waals surface area contributed by atoms with E-state index in [2.05, 4.69) is 10.2 Å². The Morgan fingerprint density at radius 3 is 2.76 bits per heavy atom. The highest BCUT2D eigenvalue weighted by atomic mass is 16.5. The van der Waals surface area contributed by atoms with Gasteiger partial charge in [0.15, 0.2) is 5.76 Å². The number of nitrogens with zero attached hydrogens (tertiary/aromatic N) is 1. The highest BCUT2D eigenvalue weighted by molar-refractivity contribution is 5.91. The number of nitrogens with one attached hydrogen (secondary N) is 1. The van der Waals surface area contributed by atoms with E-state index in [0.717, 1.165) is 39.1 Å². The lowest BCUT2D eigenvalue weighted by Crippen LogP contribution is -2.45. The maximum Gasteiger partial charge on any atom is 0.290 e. The quantitative estimate of drug-likeness (QED) is 0.782. The van der Waals surface area contributed by atoms with Crippen LogP contribution in [-0.2, 0) is 9.53 Å². The summed E-state index contributed by atoms with van der Waals surface area (Å²) in [4.78, 5) is 22.5. The van der Waals surface area contributed by atoms with Gasteiger partial charge in [-0.2, -0.15) is 0 Å². The number of likely N-dealkylation sites (tertiary alicyclic amines) is 1. The predicted octanol–water partition coefficient (Wildman–Crippen LogP) is 0.821. The van der Waals surface area contributed by atoms with Gasteiger partial charge in [0.2, 0.25) is 0 Å². The van der Waals surface area contributed by atoms with Crippen LogP contribution < -0.4 is 5.32 Å². The molecule has 1 aromatic rings. The van der Waals surface area contributed by atoms with Crippen molar-refractivity contribution in [1.29, 1.82) is 0 Å². The third-order valence-corrected chi connectivity index (χ3v) is 3.28. The first-order valence-corrected chi connectivity index (χ1v) is 6.84. The van der Waals surface area contributed by atoms with Crippen LogP contribution in [0.4, 0.5) is 0 Å². The number of methoxy groups -OCH3 is 1. The van der Waals surface area contributed by atoms with E-state index < -0.39 is 0 Å². The van der Waals surface area contributed by atoms with Crippen LogP contribution in [0, 0.1) is 0 Å². The number of hydrogen-bond donors (Lipinski definition) is 2. The van der Waals surface area contributed by atoms with Crippen LogP contribution >= 0.6 is 0 Å². The molecule has 2 rings (SSSR count). The van der Waals surface area contributed by atoms with Crippen molar-refractivity contribution in [3.8, 4) is 0 Å². The van der Waals surface area contributed by atoms with Gasteiger partial charge in [-0.3, -0.25) is 9.59 Å². The molecule has 0 radical (unpaired) electrons. The Kier molecular flexibility index (Phi) is 8.15. The molecule has 1 amide bonds. The maximum absolute atomic E-state index is 11.8. The molecule has 0 aliphatic carbocycles. The zero-order valence-corrected chi connectivity index (χ0v) is 12.2. The Balaban J connectivity index is 0.000000677. The second-order valence-corrected chi connectivity index (χ2v) is 4.66. The molecule has 0 saturated carbocycles. The van der Waals surface area contributed by atoms with E-state index in [-0.39, 0.29) is 18.4 Å². The van der Waals surface area contributed by atoms with Crippen LogP contribution in [0.15, 0.2) is 22.8 Å². The van der Waals surface area contributed by atoms with Crippen molar-refractivity contribution >= 4 is 12.4 Å². The number of piperidine rings is 1. The van der Waals surface area contributed by atoms with Crippen LogP contribution in [0.3, 0.4) is 0 Å². The van der Waals surface area contributed by atoms with Crippen LogP contribution in [-0.4, -0.2) is 61.8 Å². The lowest BCUT2D eigenvalue weighted by atomic mass is 10.0. The monoisotopic (exact) mass is 298 g/mol. The lowest BCUT2D eigenvalue weighted by molar-refractivity contribution is -0.122. The molecule has 0 unspecified atom stereocenters. The van der Waals surface area contributed by atoms with Crippen LogP contribution in [0.5, 0.6) is 0 Å². The van der Waals surface area contributed by atoms with Gasteiger partial charge >= 0.3 is 0 Å². The van der Waals surface area contributed by atoms with Crippen molar-refractivity contribution in [3.05, 3.63) is 24.2 Å². The molecule has 0 spiro atoms. The molecule has 1 saturated heterocycles. The van der Waals surface area contributed by atoms with Crippen molar-refractivity contribution in [2.75, 3.05) is 33.4 Å². The van der Waals surface area contributed by atoms with Gasteiger partial charge in [-0.25, -0.2) is 0 Å². The summed E-state index contributed by atoms with van der Waals surface area (Å²) in [5, 5.41) is 9.90. The van der Waals surface area contributed by atoms with Crippen molar-refractivity contribution < 1.29 is 23.8 Å². The topological polar surface area (TPSA) is 92.0 Å². The third-order valence-electron chi connectivity index (χ3n) is 3.28. The fraction of sp³-hybridized carbons (Fsp3) is 0.571. The molecule has 1 fully saturated rings. The highest BCUT2D eigenvalue weighted by Gasteiger charge is 2.21.